The number of fused-ring (bicyclic) bond motifs is 2. The molecule has 0 saturated carbocycles. The number of aromatic nitrogens is 2. The van der Waals surface area contributed by atoms with E-state index in [-0.39, 0.29) is 76.4 Å². The monoisotopic (exact) mass is 1230 g/mol. The lowest BCUT2D eigenvalue weighted by molar-refractivity contribution is -0.129. The lowest BCUT2D eigenvalue weighted by Crippen LogP contribution is -2.63. The standard InChI is InChI=1S/C72H92F2N12O4.4H2/c1-47-37-83(41-52(6)85-45-71(7,8)67-63(85)33-57(69(89)77-67)31-55-17-22-59(73)23-18-55)61(35-75-47)42-80-28-27-79(39-50(80)4)49(3)11-12-53-13-15-54(16-14-53)21-26-65(87)82-30-29-81(51(5)40-82)43-62-36-76-48(2)38-84(62)44-66(88)86-46-72(9,10)68-64(86)34-58(70(90)78-68)32-56-19-24-60(74)25-20-56;;;;/h11-26,33-34,47-48,50-51,61-62,75-76H,3,6,27-32,35-46H2,1-2,4-5,7-10H3,(H,77,89)(H,78,90);4*1H/b12-11+,26-21+;;;;/t47-,48-,50-,51-,61-,62?;;;;/m1..../s1. The van der Waals surface area contributed by atoms with Crippen molar-refractivity contribution < 1.29 is 24.1 Å². The second-order valence-electron chi connectivity index (χ2n) is 27.8. The summed E-state index contributed by atoms with van der Waals surface area (Å²) < 4.78 is 27.4. The van der Waals surface area contributed by atoms with Crippen molar-refractivity contribution in [2.24, 2.45) is 0 Å². The van der Waals surface area contributed by atoms with Crippen molar-refractivity contribution >= 4 is 35.3 Å². The van der Waals surface area contributed by atoms with Gasteiger partial charge in [-0.15, -0.1) is 0 Å². The molecular weight excluding hydrogens is 1130 g/mol. The van der Waals surface area contributed by atoms with Crippen LogP contribution >= 0.6 is 0 Å². The van der Waals surface area contributed by atoms with Crippen LogP contribution < -0.4 is 31.6 Å². The second kappa shape index (κ2) is 26.9. The molecule has 0 aliphatic carbocycles. The summed E-state index contributed by atoms with van der Waals surface area (Å²) in [6.45, 7) is 38.2. The Bertz CT molecular complexity index is 3420. The minimum absolute atomic E-state index is 0. The molecule has 8 heterocycles. The van der Waals surface area contributed by atoms with Gasteiger partial charge >= 0.3 is 0 Å². The molecule has 0 radical (unpaired) electrons. The molecule has 16 nitrogen and oxygen atoms in total. The van der Waals surface area contributed by atoms with Gasteiger partial charge in [-0.25, -0.2) is 8.78 Å². The highest BCUT2D eigenvalue weighted by Crippen LogP contribution is 2.42. The van der Waals surface area contributed by atoms with E-state index in [0.717, 1.165) is 128 Å². The molecule has 90 heavy (non-hydrogen) atoms. The van der Waals surface area contributed by atoms with E-state index in [1.807, 2.05) is 40.1 Å². The molecule has 5 aromatic rings. The van der Waals surface area contributed by atoms with Crippen LogP contribution in [0.25, 0.3) is 12.2 Å². The molecule has 6 aliphatic heterocycles. The number of hydrogen-bond acceptors (Lipinski definition) is 12. The molecule has 486 valence electrons. The summed E-state index contributed by atoms with van der Waals surface area (Å²) in [6, 6.07) is 26.0. The van der Waals surface area contributed by atoms with Gasteiger partial charge < -0.3 is 40.2 Å². The van der Waals surface area contributed by atoms with E-state index < -0.39 is 5.41 Å². The number of hydrogen-bond donors (Lipinski definition) is 4. The van der Waals surface area contributed by atoms with Crippen LogP contribution in [0.3, 0.4) is 0 Å². The smallest absolute Gasteiger partial charge is 0.251 e. The molecule has 2 aromatic heterocycles. The Morgan fingerprint density at radius 3 is 1.52 bits per heavy atom. The number of nitrogens with zero attached hydrogens (tertiary/aromatic N) is 8. The molecule has 1 unspecified atom stereocenters. The van der Waals surface area contributed by atoms with Crippen molar-refractivity contribution in [2.75, 3.05) is 115 Å². The molecule has 18 heteroatoms. The minimum atomic E-state index is -0.440. The van der Waals surface area contributed by atoms with Gasteiger partial charge in [0, 0.05) is 204 Å². The Labute approximate surface area is 535 Å². The zero-order valence-corrected chi connectivity index (χ0v) is 54.0. The maximum Gasteiger partial charge on any atom is 0.251 e. The third kappa shape index (κ3) is 14.7. The van der Waals surface area contributed by atoms with Crippen LogP contribution in [0.4, 0.5) is 20.2 Å². The quantitative estimate of drug-likeness (QED) is 0.0492. The summed E-state index contributed by atoms with van der Waals surface area (Å²) >= 11 is 0. The fourth-order valence-corrected chi connectivity index (χ4v) is 14.3. The van der Waals surface area contributed by atoms with E-state index in [1.54, 1.807) is 30.3 Å². The summed E-state index contributed by atoms with van der Waals surface area (Å²) in [4.78, 5) is 79.4. The zero-order valence-electron chi connectivity index (χ0n) is 54.0. The molecule has 4 fully saturated rings. The van der Waals surface area contributed by atoms with E-state index >= 15 is 0 Å². The van der Waals surface area contributed by atoms with Gasteiger partial charge in [0.2, 0.25) is 11.8 Å². The number of piperazine rings is 4. The summed E-state index contributed by atoms with van der Waals surface area (Å²) in [5.74, 6) is -0.643. The minimum Gasteiger partial charge on any atom is -0.369 e. The van der Waals surface area contributed by atoms with Crippen LogP contribution in [-0.4, -0.2) is 192 Å². The Kier molecular flexibility index (Phi) is 19.2. The first kappa shape index (κ1) is 64.2. The summed E-state index contributed by atoms with van der Waals surface area (Å²) in [5.41, 5.74) is 9.28. The van der Waals surface area contributed by atoms with Crippen molar-refractivity contribution in [3.8, 4) is 0 Å². The van der Waals surface area contributed by atoms with E-state index in [4.69, 9.17) is 0 Å². The first-order valence-corrected chi connectivity index (χ1v) is 32.3. The summed E-state index contributed by atoms with van der Waals surface area (Å²) in [7, 11) is 0. The molecule has 6 aliphatic rings. The number of halogens is 2. The average Bonchev–Trinajstić information content (AvgIpc) is 1.61. The van der Waals surface area contributed by atoms with Crippen molar-refractivity contribution in [3.63, 3.8) is 0 Å². The SMILES string of the molecule is C=C(/C=C/c1ccc(/C=C/C(=O)N2CCN(CC3CN[C@H](C)CN3CC(=O)N3CC(C)(C)c4[nH]c(=O)c(Cc5ccc(F)cc5)cc43)[C@H](C)C2)cc1)N1CCN(C[C@H]2CN[C@H](C)CN2CC(=C)N2CC(C)(C)c3[nH]c(=O)c(Cc4ccc(F)cc4)cc32)[C@H](C)C1.[HH].[HH].[HH].[HH]. The number of allylic oxidation sites excluding steroid dienone is 1. The number of aromatic amines is 2. The normalized spacial score (nSPS) is 24.1. The van der Waals surface area contributed by atoms with Crippen LogP contribution in [0.1, 0.15) is 106 Å². The lowest BCUT2D eigenvalue weighted by Gasteiger charge is -2.46. The summed E-state index contributed by atoms with van der Waals surface area (Å²) in [5, 5.41) is 7.39. The number of benzene rings is 3. The van der Waals surface area contributed by atoms with Crippen LogP contribution in [0.2, 0.25) is 0 Å². The Morgan fingerprint density at radius 2 is 1.02 bits per heavy atom. The van der Waals surface area contributed by atoms with E-state index in [2.05, 4.69) is 143 Å². The average molecular weight is 1240 g/mol. The number of carbonyl (C=O) groups is 2. The molecule has 11 rings (SSSR count). The van der Waals surface area contributed by atoms with E-state index in [0.29, 0.717) is 62.2 Å². The van der Waals surface area contributed by atoms with Gasteiger partial charge in [0.25, 0.3) is 11.1 Å². The second-order valence-corrected chi connectivity index (χ2v) is 27.8. The Balaban J connectivity index is 0.00000312. The molecule has 6 atom stereocenters. The van der Waals surface area contributed by atoms with Gasteiger partial charge in [-0.3, -0.25) is 38.8 Å². The van der Waals surface area contributed by atoms with Crippen molar-refractivity contribution in [3.05, 3.63) is 199 Å². The van der Waals surface area contributed by atoms with E-state index in [9.17, 15) is 28.0 Å². The number of anilines is 2. The van der Waals surface area contributed by atoms with Crippen molar-refractivity contribution in [1.29, 1.82) is 0 Å². The molecule has 3 aromatic carbocycles. The third-order valence-corrected chi connectivity index (χ3v) is 19.7. The molecule has 4 N–H and O–H groups in total. The highest BCUT2D eigenvalue weighted by atomic mass is 19.1. The van der Waals surface area contributed by atoms with E-state index in [1.165, 1.54) is 24.3 Å². The Morgan fingerprint density at radius 1 is 0.578 bits per heavy atom. The predicted octanol–water partition coefficient (Wildman–Crippen LogP) is 8.55. The fraction of sp³-hybridized carbons (Fsp3) is 0.472. The highest BCUT2D eigenvalue weighted by Gasteiger charge is 2.43. The number of rotatable bonds is 18. The summed E-state index contributed by atoms with van der Waals surface area (Å²) in [6.07, 6.45) is 8.54. The van der Waals surface area contributed by atoms with Crippen molar-refractivity contribution in [2.45, 2.75) is 115 Å². The third-order valence-electron chi connectivity index (χ3n) is 19.7. The Hall–Kier alpha value is -7.32. The first-order chi connectivity index (χ1) is 42.9. The van der Waals surface area contributed by atoms with Crippen LogP contribution in [-0.2, 0) is 33.3 Å². The number of carbonyl (C=O) groups excluding carboxylic acids is 2. The largest absolute Gasteiger partial charge is 0.369 e. The van der Waals surface area contributed by atoms with Crippen LogP contribution in [0.5, 0.6) is 0 Å². The molecule has 0 bridgehead atoms. The molecule has 0 spiro atoms. The van der Waals surface area contributed by atoms with Gasteiger partial charge in [-0.1, -0.05) is 95.5 Å². The first-order valence-electron chi connectivity index (χ1n) is 32.3. The van der Waals surface area contributed by atoms with Crippen LogP contribution in [0.15, 0.2) is 131 Å². The predicted molar refractivity (Wildman–Crippen MR) is 365 cm³/mol. The molecular formula is C72H100F2N12O4. The lowest BCUT2D eigenvalue weighted by atomic mass is 9.91. The number of amides is 2. The highest BCUT2D eigenvalue weighted by molar-refractivity contribution is 5.97. The van der Waals surface area contributed by atoms with Gasteiger partial charge in [0.05, 0.1) is 17.9 Å². The maximum atomic E-state index is 14.4. The number of pyridine rings is 2. The van der Waals surface area contributed by atoms with Gasteiger partial charge in [0.1, 0.15) is 11.6 Å². The number of H-pyrrole nitrogens is 2. The van der Waals surface area contributed by atoms with Gasteiger partial charge in [0.15, 0.2) is 0 Å². The molecule has 4 saturated heterocycles. The molecule has 2 amide bonds. The van der Waals surface area contributed by atoms with Crippen molar-refractivity contribution in [1.82, 2.24) is 50.0 Å². The zero-order chi connectivity index (χ0) is 63.8. The van der Waals surface area contributed by atoms with Gasteiger partial charge in [-0.05, 0) is 98.5 Å². The fourth-order valence-electron chi connectivity index (χ4n) is 14.3. The van der Waals surface area contributed by atoms with Crippen LogP contribution in [0, 0.1) is 11.6 Å². The topological polar surface area (TPSA) is 150 Å². The van der Waals surface area contributed by atoms with Gasteiger partial charge in [-0.2, -0.15) is 0 Å². The maximum absolute atomic E-state index is 14.4. The number of nitrogens with one attached hydrogen (secondary N) is 4.